The van der Waals surface area contributed by atoms with Gasteiger partial charge in [0.15, 0.2) is 0 Å². The highest BCUT2D eigenvalue weighted by Crippen LogP contribution is 2.40. The Labute approximate surface area is 118 Å². The third-order valence-corrected chi connectivity index (χ3v) is 4.11. The molecular weight excluding hydrogens is 256 g/mol. The van der Waals surface area contributed by atoms with Crippen LogP contribution in [-0.2, 0) is 0 Å². The lowest BCUT2D eigenvalue weighted by Crippen LogP contribution is -2.23. The number of rotatable bonds is 2. The summed E-state index contributed by atoms with van der Waals surface area (Å²) in [7, 11) is 0. The first kappa shape index (κ1) is 12.4. The molecule has 19 heavy (non-hydrogen) atoms. The van der Waals surface area contributed by atoms with E-state index in [0.29, 0.717) is 16.8 Å². The van der Waals surface area contributed by atoms with Crippen LogP contribution in [0.15, 0.2) is 48.5 Å². The van der Waals surface area contributed by atoms with Crippen molar-refractivity contribution in [1.82, 2.24) is 0 Å². The fourth-order valence-electron chi connectivity index (χ4n) is 2.85. The molecule has 1 fully saturated rings. The van der Waals surface area contributed by atoms with E-state index >= 15 is 0 Å². The van der Waals surface area contributed by atoms with Gasteiger partial charge in [-0.3, -0.25) is 0 Å². The molecule has 0 bridgehead atoms. The summed E-state index contributed by atoms with van der Waals surface area (Å²) in [5.41, 5.74) is 9.22. The first-order valence-corrected chi connectivity index (χ1v) is 7.01. The standard InChI is InChI=1S/C16H17ClN2/c17-13-8-4-9-15(16(13)18)19-11-5-10-14(19)12-6-2-1-3-7-12/h1-4,6-9,14H,5,10-11,18H2. The number of halogens is 1. The molecule has 0 saturated carbocycles. The maximum absolute atomic E-state index is 6.13. The maximum Gasteiger partial charge on any atom is 0.0741 e. The van der Waals surface area contributed by atoms with Crippen LogP contribution < -0.4 is 10.6 Å². The third-order valence-electron chi connectivity index (χ3n) is 3.78. The van der Waals surface area contributed by atoms with Gasteiger partial charge >= 0.3 is 0 Å². The first-order valence-electron chi connectivity index (χ1n) is 6.63. The minimum Gasteiger partial charge on any atom is -0.396 e. The van der Waals surface area contributed by atoms with Gasteiger partial charge < -0.3 is 10.6 Å². The Morgan fingerprint density at radius 3 is 2.63 bits per heavy atom. The zero-order valence-corrected chi connectivity index (χ0v) is 11.5. The third kappa shape index (κ3) is 2.28. The van der Waals surface area contributed by atoms with Crippen molar-refractivity contribution < 1.29 is 0 Å². The van der Waals surface area contributed by atoms with E-state index in [4.69, 9.17) is 17.3 Å². The van der Waals surface area contributed by atoms with E-state index < -0.39 is 0 Å². The van der Waals surface area contributed by atoms with Gasteiger partial charge in [-0.25, -0.2) is 0 Å². The van der Waals surface area contributed by atoms with Crippen molar-refractivity contribution in [2.75, 3.05) is 17.2 Å². The lowest BCUT2D eigenvalue weighted by molar-refractivity contribution is 0.720. The van der Waals surface area contributed by atoms with Crippen LogP contribution in [0, 0.1) is 0 Å². The molecule has 2 N–H and O–H groups in total. The quantitative estimate of drug-likeness (QED) is 0.828. The predicted molar refractivity (Wildman–Crippen MR) is 81.6 cm³/mol. The summed E-state index contributed by atoms with van der Waals surface area (Å²) in [6, 6.07) is 16.9. The van der Waals surface area contributed by atoms with Gasteiger partial charge in [0.05, 0.1) is 22.4 Å². The van der Waals surface area contributed by atoms with Crippen LogP contribution in [0.5, 0.6) is 0 Å². The summed E-state index contributed by atoms with van der Waals surface area (Å²) in [6.45, 7) is 1.03. The van der Waals surface area contributed by atoms with E-state index in [0.717, 1.165) is 18.7 Å². The molecule has 98 valence electrons. The summed E-state index contributed by atoms with van der Waals surface area (Å²) in [6.07, 6.45) is 2.35. The monoisotopic (exact) mass is 272 g/mol. The van der Waals surface area contributed by atoms with Crippen LogP contribution in [0.4, 0.5) is 11.4 Å². The second kappa shape index (κ2) is 5.14. The summed E-state index contributed by atoms with van der Waals surface area (Å²) in [5.74, 6) is 0. The highest BCUT2D eigenvalue weighted by atomic mass is 35.5. The molecule has 0 radical (unpaired) electrons. The molecular formula is C16H17ClN2. The van der Waals surface area contributed by atoms with Gasteiger partial charge in [-0.2, -0.15) is 0 Å². The molecule has 0 aliphatic carbocycles. The smallest absolute Gasteiger partial charge is 0.0741 e. The van der Waals surface area contributed by atoms with Crippen molar-refractivity contribution in [3.63, 3.8) is 0 Å². The molecule has 0 spiro atoms. The summed E-state index contributed by atoms with van der Waals surface area (Å²) in [4.78, 5) is 2.37. The van der Waals surface area contributed by atoms with Crippen molar-refractivity contribution in [3.8, 4) is 0 Å². The van der Waals surface area contributed by atoms with Gasteiger partial charge in [0.25, 0.3) is 0 Å². The Morgan fingerprint density at radius 1 is 1.05 bits per heavy atom. The Balaban J connectivity index is 1.98. The normalized spacial score (nSPS) is 18.8. The molecule has 1 saturated heterocycles. The minimum absolute atomic E-state index is 0.405. The lowest BCUT2D eigenvalue weighted by atomic mass is 10.0. The molecule has 3 rings (SSSR count). The van der Waals surface area contributed by atoms with E-state index in [1.54, 1.807) is 0 Å². The van der Waals surface area contributed by atoms with Gasteiger partial charge in [-0.15, -0.1) is 0 Å². The van der Waals surface area contributed by atoms with Gasteiger partial charge in [0, 0.05) is 6.54 Å². The van der Waals surface area contributed by atoms with Crippen LogP contribution in [-0.4, -0.2) is 6.54 Å². The highest BCUT2D eigenvalue weighted by Gasteiger charge is 2.27. The number of hydrogen-bond donors (Lipinski definition) is 1. The van der Waals surface area contributed by atoms with Gasteiger partial charge in [0.1, 0.15) is 0 Å². The van der Waals surface area contributed by atoms with Crippen LogP contribution in [0.3, 0.4) is 0 Å². The predicted octanol–water partition coefficient (Wildman–Crippen LogP) is 4.26. The topological polar surface area (TPSA) is 29.3 Å². The fourth-order valence-corrected chi connectivity index (χ4v) is 3.02. The van der Waals surface area contributed by atoms with E-state index in [1.807, 2.05) is 12.1 Å². The zero-order valence-electron chi connectivity index (χ0n) is 10.7. The largest absolute Gasteiger partial charge is 0.396 e. The molecule has 0 amide bonds. The number of nitrogen functional groups attached to an aromatic ring is 1. The number of nitrogens with zero attached hydrogens (tertiary/aromatic N) is 1. The average Bonchev–Trinajstić information content (AvgIpc) is 2.92. The van der Waals surface area contributed by atoms with Crippen molar-refractivity contribution in [1.29, 1.82) is 0 Å². The summed E-state index contributed by atoms with van der Waals surface area (Å²) in [5, 5.41) is 0.635. The maximum atomic E-state index is 6.13. The van der Waals surface area contributed by atoms with Gasteiger partial charge in [-0.05, 0) is 30.5 Å². The Bertz CT molecular complexity index is 568. The van der Waals surface area contributed by atoms with E-state index in [9.17, 15) is 0 Å². The second-order valence-electron chi connectivity index (χ2n) is 4.93. The molecule has 1 heterocycles. The minimum atomic E-state index is 0.405. The molecule has 1 unspecified atom stereocenters. The van der Waals surface area contributed by atoms with Crippen molar-refractivity contribution in [2.45, 2.75) is 18.9 Å². The SMILES string of the molecule is Nc1c(Cl)cccc1N1CCCC1c1ccccc1. The van der Waals surface area contributed by atoms with Gasteiger partial charge in [0.2, 0.25) is 0 Å². The van der Waals surface area contributed by atoms with Gasteiger partial charge in [-0.1, -0.05) is 48.0 Å². The number of hydrogen-bond acceptors (Lipinski definition) is 2. The first-order chi connectivity index (χ1) is 9.27. The van der Waals surface area contributed by atoms with Crippen molar-refractivity contribution in [2.24, 2.45) is 0 Å². The Hall–Kier alpha value is -1.67. The Kier molecular flexibility index (Phi) is 3.34. The number of benzene rings is 2. The molecule has 3 heteroatoms. The van der Waals surface area contributed by atoms with E-state index in [-0.39, 0.29) is 0 Å². The average molecular weight is 273 g/mol. The van der Waals surface area contributed by atoms with Crippen molar-refractivity contribution >= 4 is 23.0 Å². The Morgan fingerprint density at radius 2 is 1.84 bits per heavy atom. The van der Waals surface area contributed by atoms with Crippen molar-refractivity contribution in [3.05, 3.63) is 59.1 Å². The summed E-state index contributed by atoms with van der Waals surface area (Å²) >= 11 is 6.13. The molecule has 2 nitrogen and oxygen atoms in total. The summed E-state index contributed by atoms with van der Waals surface area (Å²) < 4.78 is 0. The molecule has 1 atom stereocenters. The van der Waals surface area contributed by atoms with Crippen LogP contribution in [0.25, 0.3) is 0 Å². The van der Waals surface area contributed by atoms with E-state index in [1.165, 1.54) is 12.0 Å². The molecule has 1 aliphatic heterocycles. The van der Waals surface area contributed by atoms with E-state index in [2.05, 4.69) is 41.3 Å². The second-order valence-corrected chi connectivity index (χ2v) is 5.34. The molecule has 2 aromatic rings. The highest BCUT2D eigenvalue weighted by molar-refractivity contribution is 6.33. The van der Waals surface area contributed by atoms with Crippen LogP contribution >= 0.6 is 11.6 Å². The molecule has 1 aliphatic rings. The zero-order chi connectivity index (χ0) is 13.2. The van der Waals surface area contributed by atoms with Crippen LogP contribution in [0.1, 0.15) is 24.4 Å². The number of para-hydroxylation sites is 1. The molecule has 0 aromatic heterocycles. The molecule has 2 aromatic carbocycles. The number of nitrogens with two attached hydrogens (primary N) is 1. The fraction of sp³-hybridized carbons (Fsp3) is 0.250. The lowest BCUT2D eigenvalue weighted by Gasteiger charge is -2.28. The number of anilines is 2. The van der Waals surface area contributed by atoms with Crippen LogP contribution in [0.2, 0.25) is 5.02 Å².